The molecule has 4 rings (SSSR count). The van der Waals surface area contributed by atoms with Gasteiger partial charge in [0.25, 0.3) is 0 Å². The van der Waals surface area contributed by atoms with Crippen LogP contribution in [0.2, 0.25) is 0 Å². The van der Waals surface area contributed by atoms with Crippen molar-refractivity contribution < 1.29 is 0 Å². The van der Waals surface area contributed by atoms with E-state index in [0.29, 0.717) is 6.04 Å². The summed E-state index contributed by atoms with van der Waals surface area (Å²) in [5.74, 6) is 0. The highest BCUT2D eigenvalue weighted by atomic mass is 32.1. The summed E-state index contributed by atoms with van der Waals surface area (Å²) < 4.78 is 1.97. The number of anilines is 1. The largest absolute Gasteiger partial charge is 0.347 e. The molecule has 21 heavy (non-hydrogen) atoms. The van der Waals surface area contributed by atoms with Gasteiger partial charge in [0.05, 0.1) is 11.9 Å². The van der Waals surface area contributed by atoms with Gasteiger partial charge >= 0.3 is 0 Å². The second-order valence-corrected chi connectivity index (χ2v) is 6.41. The molecule has 2 heterocycles. The maximum atomic E-state index is 4.75. The van der Waals surface area contributed by atoms with E-state index in [1.165, 1.54) is 18.4 Å². The molecule has 1 aromatic carbocycles. The summed E-state index contributed by atoms with van der Waals surface area (Å²) in [5, 5.41) is 5.81. The minimum Gasteiger partial charge on any atom is -0.347 e. The first-order valence-electron chi connectivity index (χ1n) is 7.23. The van der Waals surface area contributed by atoms with Crippen LogP contribution in [0.25, 0.3) is 16.2 Å². The first kappa shape index (κ1) is 12.8. The molecule has 0 amide bonds. The Bertz CT molecular complexity index is 785. The van der Waals surface area contributed by atoms with Crippen LogP contribution in [-0.2, 0) is 0 Å². The molecule has 107 valence electrons. The molecular formula is C16H17N4S. The molecule has 0 saturated heterocycles. The van der Waals surface area contributed by atoms with E-state index in [0.717, 1.165) is 21.3 Å². The van der Waals surface area contributed by atoms with E-state index in [9.17, 15) is 0 Å². The molecule has 1 aliphatic rings. The summed E-state index contributed by atoms with van der Waals surface area (Å²) in [6.45, 7) is 2.05. The summed E-state index contributed by atoms with van der Waals surface area (Å²) in [7, 11) is 2.13. The lowest BCUT2D eigenvalue weighted by Crippen LogP contribution is -2.19. The smallest absolute Gasteiger partial charge is 0.214 e. The molecule has 0 spiro atoms. The Kier molecular flexibility index (Phi) is 2.96. The van der Waals surface area contributed by atoms with Gasteiger partial charge in [0, 0.05) is 18.7 Å². The predicted octanol–water partition coefficient (Wildman–Crippen LogP) is 3.63. The van der Waals surface area contributed by atoms with Gasteiger partial charge in [-0.3, -0.25) is 0 Å². The van der Waals surface area contributed by atoms with Crippen LogP contribution in [0.3, 0.4) is 0 Å². The zero-order valence-electron chi connectivity index (χ0n) is 12.2. The van der Waals surface area contributed by atoms with Crippen LogP contribution >= 0.6 is 11.3 Å². The number of aromatic nitrogens is 3. The standard InChI is InChI=1S/C16H17N4S/c1-3-11-5-4-6-12(9-11)14-10-17-15-20(14)18-16(21-15)19(2)13-7-8-13/h3-6,9-10,13H,7-8H2,1-2H3. The van der Waals surface area contributed by atoms with Crippen LogP contribution < -0.4 is 4.90 Å². The van der Waals surface area contributed by atoms with Gasteiger partial charge in [-0.05, 0) is 30.9 Å². The van der Waals surface area contributed by atoms with E-state index >= 15 is 0 Å². The molecule has 0 aliphatic heterocycles. The molecule has 1 radical (unpaired) electrons. The SMILES string of the molecule is C[CH]c1cccc(-c2cnc3sc(N(C)C4CC4)nn23)c1. The molecule has 4 nitrogen and oxygen atoms in total. The highest BCUT2D eigenvalue weighted by Crippen LogP contribution is 2.34. The first-order chi connectivity index (χ1) is 10.3. The Morgan fingerprint density at radius 3 is 3.00 bits per heavy atom. The molecule has 0 N–H and O–H groups in total. The molecule has 0 unspecified atom stereocenters. The summed E-state index contributed by atoms with van der Waals surface area (Å²) in [4.78, 5) is 7.75. The summed E-state index contributed by atoms with van der Waals surface area (Å²) in [6, 6.07) is 9.14. The molecule has 0 atom stereocenters. The third kappa shape index (κ3) is 2.21. The molecule has 3 aromatic rings. The fourth-order valence-corrected chi connectivity index (χ4v) is 3.43. The molecule has 1 saturated carbocycles. The zero-order valence-corrected chi connectivity index (χ0v) is 13.0. The fraction of sp³-hybridized carbons (Fsp3) is 0.312. The minimum absolute atomic E-state index is 0.669. The maximum Gasteiger partial charge on any atom is 0.214 e. The molecule has 0 bridgehead atoms. The third-order valence-corrected chi connectivity index (χ3v) is 5.00. The third-order valence-electron chi connectivity index (χ3n) is 3.99. The van der Waals surface area contributed by atoms with Crippen molar-refractivity contribution in [3.63, 3.8) is 0 Å². The van der Waals surface area contributed by atoms with Crippen LogP contribution in [0.5, 0.6) is 0 Å². The second kappa shape index (κ2) is 4.84. The van der Waals surface area contributed by atoms with Gasteiger partial charge in [0.2, 0.25) is 10.1 Å². The Hall–Kier alpha value is -1.88. The Labute approximate surface area is 128 Å². The van der Waals surface area contributed by atoms with E-state index in [4.69, 9.17) is 5.10 Å². The van der Waals surface area contributed by atoms with Crippen molar-refractivity contribution in [1.82, 2.24) is 14.6 Å². The van der Waals surface area contributed by atoms with Crippen molar-refractivity contribution in [3.8, 4) is 11.3 Å². The van der Waals surface area contributed by atoms with Gasteiger partial charge in [-0.1, -0.05) is 36.5 Å². The van der Waals surface area contributed by atoms with Crippen molar-refractivity contribution in [1.29, 1.82) is 0 Å². The molecule has 2 aromatic heterocycles. The summed E-state index contributed by atoms with van der Waals surface area (Å²) >= 11 is 1.66. The Balaban J connectivity index is 1.77. The summed E-state index contributed by atoms with van der Waals surface area (Å²) in [6.07, 6.45) is 6.57. The van der Waals surface area contributed by atoms with Crippen molar-refractivity contribution in [2.24, 2.45) is 0 Å². The van der Waals surface area contributed by atoms with Crippen molar-refractivity contribution >= 4 is 21.4 Å². The lowest BCUT2D eigenvalue weighted by atomic mass is 10.1. The monoisotopic (exact) mass is 297 g/mol. The van der Waals surface area contributed by atoms with Crippen molar-refractivity contribution in [2.75, 3.05) is 11.9 Å². The van der Waals surface area contributed by atoms with Gasteiger partial charge in [-0.2, -0.15) is 0 Å². The highest BCUT2D eigenvalue weighted by Gasteiger charge is 2.28. The average molecular weight is 297 g/mol. The molecule has 5 heteroatoms. The van der Waals surface area contributed by atoms with Gasteiger partial charge < -0.3 is 4.90 Å². The molecule has 1 aliphatic carbocycles. The second-order valence-electron chi connectivity index (χ2n) is 5.48. The van der Waals surface area contributed by atoms with Crippen LogP contribution in [0.4, 0.5) is 5.13 Å². The molecule has 1 fully saturated rings. The van der Waals surface area contributed by atoms with Gasteiger partial charge in [0.15, 0.2) is 0 Å². The van der Waals surface area contributed by atoms with Crippen molar-refractivity contribution in [2.45, 2.75) is 25.8 Å². The summed E-state index contributed by atoms with van der Waals surface area (Å²) in [5.41, 5.74) is 3.43. The van der Waals surface area contributed by atoms with Gasteiger partial charge in [-0.25, -0.2) is 9.50 Å². The van der Waals surface area contributed by atoms with Gasteiger partial charge in [0.1, 0.15) is 0 Å². The Morgan fingerprint density at radius 1 is 1.38 bits per heavy atom. The first-order valence-corrected chi connectivity index (χ1v) is 8.05. The predicted molar refractivity (Wildman–Crippen MR) is 86.8 cm³/mol. The van der Waals surface area contributed by atoms with Crippen LogP contribution in [-0.4, -0.2) is 27.7 Å². The molecular weight excluding hydrogens is 280 g/mol. The number of hydrogen-bond donors (Lipinski definition) is 0. The average Bonchev–Trinajstić information content (AvgIpc) is 3.16. The fourth-order valence-electron chi connectivity index (χ4n) is 2.52. The lowest BCUT2D eigenvalue weighted by Gasteiger charge is -2.12. The van der Waals surface area contributed by atoms with Gasteiger partial charge in [-0.15, -0.1) is 5.10 Å². The quantitative estimate of drug-likeness (QED) is 0.737. The topological polar surface area (TPSA) is 33.4 Å². The zero-order chi connectivity index (χ0) is 14.4. The number of benzene rings is 1. The number of fused-ring (bicyclic) bond motifs is 1. The van der Waals surface area contributed by atoms with E-state index in [-0.39, 0.29) is 0 Å². The normalized spacial score (nSPS) is 14.8. The Morgan fingerprint density at radius 2 is 2.24 bits per heavy atom. The minimum atomic E-state index is 0.669. The number of imidazole rings is 1. The number of rotatable bonds is 4. The maximum absolute atomic E-state index is 4.75. The van der Waals surface area contributed by atoms with Crippen LogP contribution in [0.15, 0.2) is 30.5 Å². The number of hydrogen-bond acceptors (Lipinski definition) is 4. The van der Waals surface area contributed by atoms with Crippen LogP contribution in [0.1, 0.15) is 25.3 Å². The van der Waals surface area contributed by atoms with E-state index < -0.39 is 0 Å². The van der Waals surface area contributed by atoms with E-state index in [2.05, 4.69) is 54.5 Å². The van der Waals surface area contributed by atoms with E-state index in [1.54, 1.807) is 11.3 Å². The van der Waals surface area contributed by atoms with E-state index in [1.807, 2.05) is 10.7 Å². The highest BCUT2D eigenvalue weighted by molar-refractivity contribution is 7.20. The number of nitrogens with zero attached hydrogens (tertiary/aromatic N) is 4. The lowest BCUT2D eigenvalue weighted by molar-refractivity contribution is 0.868. The van der Waals surface area contributed by atoms with Crippen LogP contribution in [0, 0.1) is 6.42 Å². The van der Waals surface area contributed by atoms with Crippen molar-refractivity contribution in [3.05, 3.63) is 42.4 Å².